The molecule has 0 spiro atoms. The molecule has 0 aliphatic carbocycles. The Morgan fingerprint density at radius 3 is 2.32 bits per heavy atom. The van der Waals surface area contributed by atoms with Crippen LogP contribution in [0.4, 0.5) is 10.5 Å². The highest BCUT2D eigenvalue weighted by atomic mass is 16.5. The molecule has 2 rings (SSSR count). The number of nitrogens with zero attached hydrogens (tertiary/aromatic N) is 2. The van der Waals surface area contributed by atoms with Crippen molar-refractivity contribution in [3.05, 3.63) is 60.4 Å². The predicted molar refractivity (Wildman–Crippen MR) is 73.0 cm³/mol. The summed E-state index contributed by atoms with van der Waals surface area (Å²) in [5.41, 5.74) is 2.01. The second-order valence-corrected chi connectivity index (χ2v) is 4.40. The lowest BCUT2D eigenvalue weighted by molar-refractivity contribution is -0.586. The van der Waals surface area contributed by atoms with Gasteiger partial charge in [-0.1, -0.05) is 34.9 Å². The summed E-state index contributed by atoms with van der Waals surface area (Å²) in [5, 5.41) is 0. The molecule has 4 heteroatoms. The first-order chi connectivity index (χ1) is 9.16. The minimum atomic E-state index is -0.380. The number of benzene rings is 1. The molecule has 0 saturated heterocycles. The maximum absolute atomic E-state index is 11.8. The maximum atomic E-state index is 11.8. The van der Waals surface area contributed by atoms with Crippen molar-refractivity contribution in [2.75, 3.05) is 19.0 Å². The van der Waals surface area contributed by atoms with Gasteiger partial charge < -0.3 is 9.64 Å². The van der Waals surface area contributed by atoms with Crippen molar-refractivity contribution >= 4 is 11.8 Å². The summed E-state index contributed by atoms with van der Waals surface area (Å²) >= 11 is 0. The quantitative estimate of drug-likeness (QED) is 0.791. The minimum absolute atomic E-state index is 0.280. The molecule has 0 amide bonds. The molecule has 19 heavy (non-hydrogen) atoms. The van der Waals surface area contributed by atoms with Crippen molar-refractivity contribution in [1.29, 1.82) is 0 Å². The molecule has 0 atom stereocenters. The first-order valence-electron chi connectivity index (χ1n) is 6.06. The monoisotopic (exact) mass is 257 g/mol. The zero-order valence-electron chi connectivity index (χ0n) is 11.1. The molecule has 1 heterocycles. The van der Waals surface area contributed by atoms with E-state index in [0.717, 1.165) is 11.3 Å². The Kier molecular flexibility index (Phi) is 4.13. The van der Waals surface area contributed by atoms with Crippen LogP contribution in [0.5, 0.6) is 0 Å². The average Bonchev–Trinajstić information content (AvgIpc) is 2.46. The Morgan fingerprint density at radius 2 is 1.74 bits per heavy atom. The third-order valence-electron chi connectivity index (χ3n) is 2.74. The van der Waals surface area contributed by atoms with Crippen molar-refractivity contribution in [1.82, 2.24) is 0 Å². The number of hydrogen-bond donors (Lipinski definition) is 0. The van der Waals surface area contributed by atoms with Crippen molar-refractivity contribution in [2.45, 2.75) is 6.61 Å². The smallest absolute Gasteiger partial charge is 0.407 e. The van der Waals surface area contributed by atoms with Gasteiger partial charge in [0.05, 0.1) is 0 Å². The Labute approximate surface area is 112 Å². The fourth-order valence-corrected chi connectivity index (χ4v) is 1.63. The highest BCUT2D eigenvalue weighted by molar-refractivity contribution is 5.57. The van der Waals surface area contributed by atoms with Crippen molar-refractivity contribution in [3.8, 4) is 0 Å². The molecule has 1 aromatic carbocycles. The minimum Gasteiger partial charge on any atom is -0.407 e. The van der Waals surface area contributed by atoms with Crippen LogP contribution in [-0.2, 0) is 11.3 Å². The van der Waals surface area contributed by atoms with Gasteiger partial charge in [-0.05, 0) is 5.56 Å². The van der Waals surface area contributed by atoms with Gasteiger partial charge in [0.25, 0.3) is 0 Å². The van der Waals surface area contributed by atoms with E-state index in [1.54, 1.807) is 12.4 Å². The first-order valence-corrected chi connectivity index (χ1v) is 6.06. The Balaban J connectivity index is 1.96. The van der Waals surface area contributed by atoms with E-state index >= 15 is 0 Å². The van der Waals surface area contributed by atoms with E-state index in [2.05, 4.69) is 0 Å². The molecule has 0 bridgehead atoms. The third kappa shape index (κ3) is 3.55. The van der Waals surface area contributed by atoms with Crippen LogP contribution in [0.25, 0.3) is 0 Å². The molecular formula is C15H17N2O2+. The highest BCUT2D eigenvalue weighted by Crippen LogP contribution is 2.06. The van der Waals surface area contributed by atoms with Gasteiger partial charge in [-0.15, -0.1) is 0 Å². The SMILES string of the molecule is CN(C)c1cc[n+](C(=O)OCc2ccccc2)cc1. The Morgan fingerprint density at radius 1 is 1.11 bits per heavy atom. The van der Waals surface area contributed by atoms with Gasteiger partial charge in [0.15, 0.2) is 12.4 Å². The van der Waals surface area contributed by atoms with E-state index < -0.39 is 0 Å². The van der Waals surface area contributed by atoms with Crippen LogP contribution in [0.1, 0.15) is 5.56 Å². The van der Waals surface area contributed by atoms with Gasteiger partial charge in [0.1, 0.15) is 6.61 Å². The molecule has 0 saturated carbocycles. The number of anilines is 1. The topological polar surface area (TPSA) is 33.4 Å². The third-order valence-corrected chi connectivity index (χ3v) is 2.74. The van der Waals surface area contributed by atoms with Crippen molar-refractivity contribution in [2.24, 2.45) is 0 Å². The standard InChI is InChI=1S/C15H17N2O2/c1-16(2)14-8-10-17(11-9-14)15(18)19-12-13-6-4-3-5-7-13/h3-11H,12H2,1-2H3/q+1. The van der Waals surface area contributed by atoms with E-state index in [1.165, 1.54) is 4.57 Å². The van der Waals surface area contributed by atoms with Gasteiger partial charge in [-0.3, -0.25) is 0 Å². The van der Waals surface area contributed by atoms with E-state index in [-0.39, 0.29) is 12.7 Å². The normalized spacial score (nSPS) is 10.0. The Hall–Kier alpha value is -2.36. The molecule has 0 radical (unpaired) electrons. The summed E-state index contributed by atoms with van der Waals surface area (Å²) < 4.78 is 6.65. The van der Waals surface area contributed by atoms with Crippen molar-refractivity contribution in [3.63, 3.8) is 0 Å². The van der Waals surface area contributed by atoms with Gasteiger partial charge >= 0.3 is 6.09 Å². The van der Waals surface area contributed by atoms with Gasteiger partial charge in [-0.2, -0.15) is 4.79 Å². The second kappa shape index (κ2) is 6.00. The molecule has 0 aliphatic rings. The maximum Gasteiger partial charge on any atom is 0.602 e. The van der Waals surface area contributed by atoms with Crippen LogP contribution in [0.15, 0.2) is 54.9 Å². The van der Waals surface area contributed by atoms with Crippen molar-refractivity contribution < 1.29 is 14.1 Å². The van der Waals surface area contributed by atoms with Gasteiger partial charge in [0, 0.05) is 31.9 Å². The first kappa shape index (κ1) is 13.1. The summed E-state index contributed by atoms with van der Waals surface area (Å²) in [6.07, 6.45) is 3.01. The van der Waals surface area contributed by atoms with Gasteiger partial charge in [-0.25, -0.2) is 0 Å². The van der Waals surface area contributed by atoms with E-state index in [1.807, 2.05) is 61.5 Å². The zero-order chi connectivity index (χ0) is 13.7. The number of hydrogen-bond acceptors (Lipinski definition) is 3. The lowest BCUT2D eigenvalue weighted by Gasteiger charge is -2.09. The summed E-state index contributed by atoms with van der Waals surface area (Å²) in [5.74, 6) is 0. The molecule has 0 unspecified atom stereocenters. The van der Waals surface area contributed by atoms with Crippen LogP contribution in [-0.4, -0.2) is 20.2 Å². The number of ether oxygens (including phenoxy) is 1. The van der Waals surface area contributed by atoms with Crippen LogP contribution in [0.3, 0.4) is 0 Å². The average molecular weight is 257 g/mol. The van der Waals surface area contributed by atoms with Crippen LogP contribution < -0.4 is 9.47 Å². The van der Waals surface area contributed by atoms with Crippen LogP contribution in [0, 0.1) is 0 Å². The molecule has 1 aromatic heterocycles. The fraction of sp³-hybridized carbons (Fsp3) is 0.200. The summed E-state index contributed by atoms with van der Waals surface area (Å²) in [4.78, 5) is 13.8. The molecule has 0 aliphatic heterocycles. The number of pyridine rings is 1. The fourth-order valence-electron chi connectivity index (χ4n) is 1.63. The van der Waals surface area contributed by atoms with Crippen LogP contribution >= 0.6 is 0 Å². The number of aromatic nitrogens is 1. The molecule has 2 aromatic rings. The second-order valence-electron chi connectivity index (χ2n) is 4.40. The molecule has 4 nitrogen and oxygen atoms in total. The van der Waals surface area contributed by atoms with E-state index in [9.17, 15) is 4.79 Å². The molecule has 0 fully saturated rings. The number of carbonyl (C=O) groups excluding carboxylic acids is 1. The molecule has 98 valence electrons. The summed E-state index contributed by atoms with van der Waals surface area (Å²) in [6, 6.07) is 13.3. The number of rotatable bonds is 3. The summed E-state index contributed by atoms with van der Waals surface area (Å²) in [7, 11) is 3.90. The highest BCUT2D eigenvalue weighted by Gasteiger charge is 2.15. The largest absolute Gasteiger partial charge is 0.602 e. The van der Waals surface area contributed by atoms with E-state index in [0.29, 0.717) is 0 Å². The summed E-state index contributed by atoms with van der Waals surface area (Å²) in [6.45, 7) is 0.280. The lowest BCUT2D eigenvalue weighted by Crippen LogP contribution is -2.42. The lowest BCUT2D eigenvalue weighted by atomic mass is 10.2. The van der Waals surface area contributed by atoms with Gasteiger partial charge in [0.2, 0.25) is 0 Å². The predicted octanol–water partition coefficient (Wildman–Crippen LogP) is 2.22. The Bertz CT molecular complexity index is 536. The number of carbonyl (C=O) groups is 1. The zero-order valence-corrected chi connectivity index (χ0v) is 11.1. The van der Waals surface area contributed by atoms with Crippen LogP contribution in [0.2, 0.25) is 0 Å². The molecular weight excluding hydrogens is 240 g/mol. The molecule has 0 N–H and O–H groups in total. The van der Waals surface area contributed by atoms with E-state index in [4.69, 9.17) is 4.74 Å².